The first-order valence-electron chi connectivity index (χ1n) is 7.06. The van der Waals surface area contributed by atoms with Crippen molar-refractivity contribution in [3.8, 4) is 0 Å². The molecule has 2 rings (SSSR count). The summed E-state index contributed by atoms with van der Waals surface area (Å²) in [6.45, 7) is 2.71. The van der Waals surface area contributed by atoms with Gasteiger partial charge in [0.25, 0.3) is 0 Å². The van der Waals surface area contributed by atoms with Crippen LogP contribution in [0, 0.1) is 0 Å². The smallest absolute Gasteiger partial charge is 0.230 e. The van der Waals surface area contributed by atoms with E-state index in [-0.39, 0.29) is 12.0 Å². The summed E-state index contributed by atoms with van der Waals surface area (Å²) in [6.07, 6.45) is 3.10. The summed E-state index contributed by atoms with van der Waals surface area (Å²) in [5.74, 6) is 0.279. The molecule has 1 atom stereocenters. The fraction of sp³-hybridized carbons (Fsp3) is 0.833. The number of nitrogens with one attached hydrogen (secondary N) is 1. The van der Waals surface area contributed by atoms with Crippen molar-refractivity contribution in [2.45, 2.75) is 37.1 Å². The van der Waals surface area contributed by atoms with Gasteiger partial charge in [-0.05, 0) is 29.7 Å². The number of thioether (sulfide) groups is 1. The van der Waals surface area contributed by atoms with Crippen LogP contribution in [-0.2, 0) is 20.8 Å². The maximum absolute atomic E-state index is 11.7. The highest BCUT2D eigenvalue weighted by Crippen LogP contribution is 2.18. The van der Waals surface area contributed by atoms with Crippen molar-refractivity contribution in [2.75, 3.05) is 32.6 Å². The summed E-state index contributed by atoms with van der Waals surface area (Å²) in [5.41, 5.74) is 0. The maximum Gasteiger partial charge on any atom is 0.230 e. The lowest BCUT2D eigenvalue weighted by molar-refractivity contribution is -0.118. The van der Waals surface area contributed by atoms with Crippen molar-refractivity contribution >= 4 is 17.7 Å². The molecule has 1 aliphatic heterocycles. The van der Waals surface area contributed by atoms with E-state index in [1.807, 2.05) is 0 Å². The second-order valence-corrected chi connectivity index (χ2v) is 5.71. The molecular formula is C12H21N5O3S. The van der Waals surface area contributed by atoms with E-state index in [4.69, 9.17) is 9.47 Å². The molecule has 1 fully saturated rings. The molecule has 0 spiro atoms. The van der Waals surface area contributed by atoms with Crippen LogP contribution in [0.25, 0.3) is 0 Å². The summed E-state index contributed by atoms with van der Waals surface area (Å²) in [5, 5.41) is 15.0. The minimum atomic E-state index is -0.0252. The predicted molar refractivity (Wildman–Crippen MR) is 77.0 cm³/mol. The quantitative estimate of drug-likeness (QED) is 0.510. The summed E-state index contributed by atoms with van der Waals surface area (Å²) >= 11 is 1.34. The second kappa shape index (κ2) is 8.96. The second-order valence-electron chi connectivity index (χ2n) is 4.76. The first kappa shape index (κ1) is 16.2. The van der Waals surface area contributed by atoms with E-state index in [0.717, 1.165) is 25.9 Å². The molecule has 0 radical (unpaired) electrons. The third kappa shape index (κ3) is 5.60. The van der Waals surface area contributed by atoms with Crippen LogP contribution in [0.1, 0.15) is 19.3 Å². The van der Waals surface area contributed by atoms with Gasteiger partial charge in [-0.25, -0.2) is 4.68 Å². The molecule has 1 amide bonds. The van der Waals surface area contributed by atoms with Crippen molar-refractivity contribution in [1.29, 1.82) is 0 Å². The van der Waals surface area contributed by atoms with Gasteiger partial charge in [-0.3, -0.25) is 4.79 Å². The zero-order chi connectivity index (χ0) is 14.9. The van der Waals surface area contributed by atoms with Crippen molar-refractivity contribution < 1.29 is 14.3 Å². The molecular weight excluding hydrogens is 294 g/mol. The van der Waals surface area contributed by atoms with Crippen LogP contribution in [-0.4, -0.2) is 64.8 Å². The minimum absolute atomic E-state index is 0.0252. The normalized spacial score (nSPS) is 18.0. The topological polar surface area (TPSA) is 91.2 Å². The monoisotopic (exact) mass is 315 g/mol. The lowest BCUT2D eigenvalue weighted by atomic mass is 10.2. The zero-order valence-electron chi connectivity index (χ0n) is 12.2. The lowest BCUT2D eigenvalue weighted by Gasteiger charge is -2.10. The van der Waals surface area contributed by atoms with Crippen LogP contribution in [0.3, 0.4) is 0 Å². The molecule has 1 aliphatic rings. The van der Waals surface area contributed by atoms with Gasteiger partial charge in [0.1, 0.15) is 0 Å². The minimum Gasteiger partial charge on any atom is -0.385 e. The van der Waals surface area contributed by atoms with Gasteiger partial charge in [-0.2, -0.15) is 0 Å². The van der Waals surface area contributed by atoms with Crippen LogP contribution in [0.15, 0.2) is 5.16 Å². The molecule has 1 aromatic heterocycles. The Morgan fingerprint density at radius 3 is 3.29 bits per heavy atom. The van der Waals surface area contributed by atoms with E-state index in [2.05, 4.69) is 20.8 Å². The van der Waals surface area contributed by atoms with Crippen LogP contribution in [0.2, 0.25) is 0 Å². The van der Waals surface area contributed by atoms with Crippen LogP contribution in [0.5, 0.6) is 0 Å². The number of methoxy groups -OCH3 is 1. The number of rotatable bonds is 9. The SMILES string of the molecule is COCCCNC(=O)CSc1nnnn1C[C@H]1CCCO1. The average Bonchev–Trinajstić information content (AvgIpc) is 3.14. The first-order chi connectivity index (χ1) is 10.3. The summed E-state index contributed by atoms with van der Waals surface area (Å²) < 4.78 is 12.2. The van der Waals surface area contributed by atoms with Crippen LogP contribution >= 0.6 is 11.8 Å². The molecule has 0 saturated carbocycles. The van der Waals surface area contributed by atoms with Crippen molar-refractivity contribution in [1.82, 2.24) is 25.5 Å². The number of hydrogen-bond acceptors (Lipinski definition) is 7. The first-order valence-corrected chi connectivity index (χ1v) is 8.04. The molecule has 0 aliphatic carbocycles. The summed E-state index contributed by atoms with van der Waals surface area (Å²) in [4.78, 5) is 11.7. The van der Waals surface area contributed by atoms with Gasteiger partial charge < -0.3 is 14.8 Å². The third-order valence-electron chi connectivity index (χ3n) is 3.08. The number of aromatic nitrogens is 4. The molecule has 1 saturated heterocycles. The van der Waals surface area contributed by atoms with Gasteiger partial charge in [0, 0.05) is 26.9 Å². The van der Waals surface area contributed by atoms with E-state index >= 15 is 0 Å². The Morgan fingerprint density at radius 2 is 2.52 bits per heavy atom. The number of carbonyl (C=O) groups excluding carboxylic acids is 1. The van der Waals surface area contributed by atoms with E-state index in [9.17, 15) is 4.79 Å². The van der Waals surface area contributed by atoms with Gasteiger partial charge in [0.05, 0.1) is 18.4 Å². The summed E-state index contributed by atoms with van der Waals surface area (Å²) in [6, 6.07) is 0. The molecule has 2 heterocycles. The number of carbonyl (C=O) groups is 1. The van der Waals surface area contributed by atoms with E-state index < -0.39 is 0 Å². The Balaban J connectivity index is 1.70. The number of ether oxygens (including phenoxy) is 2. The van der Waals surface area contributed by atoms with Gasteiger partial charge >= 0.3 is 0 Å². The van der Waals surface area contributed by atoms with E-state index in [1.165, 1.54) is 11.8 Å². The number of amides is 1. The van der Waals surface area contributed by atoms with Crippen molar-refractivity contribution in [3.05, 3.63) is 0 Å². The van der Waals surface area contributed by atoms with Crippen molar-refractivity contribution in [2.24, 2.45) is 0 Å². The molecule has 0 aromatic carbocycles. The lowest BCUT2D eigenvalue weighted by Crippen LogP contribution is -2.27. The third-order valence-corrected chi connectivity index (χ3v) is 4.04. The fourth-order valence-electron chi connectivity index (χ4n) is 2.02. The molecule has 8 nitrogen and oxygen atoms in total. The Bertz CT molecular complexity index is 436. The van der Waals surface area contributed by atoms with Gasteiger partial charge in [-0.1, -0.05) is 11.8 Å². The molecule has 0 unspecified atom stereocenters. The summed E-state index contributed by atoms with van der Waals surface area (Å²) in [7, 11) is 1.64. The van der Waals surface area contributed by atoms with Crippen LogP contribution in [0.4, 0.5) is 0 Å². The van der Waals surface area contributed by atoms with Gasteiger partial charge in [-0.15, -0.1) is 5.10 Å². The van der Waals surface area contributed by atoms with Gasteiger partial charge in [0.15, 0.2) is 0 Å². The fourth-order valence-corrected chi connectivity index (χ4v) is 2.74. The number of hydrogen-bond donors (Lipinski definition) is 1. The Hall–Kier alpha value is -1.19. The maximum atomic E-state index is 11.7. The highest BCUT2D eigenvalue weighted by Gasteiger charge is 2.19. The standard InChI is InChI=1S/C12H21N5O3S/c1-19-6-3-5-13-11(18)9-21-12-14-15-16-17(12)8-10-4-2-7-20-10/h10H,2-9H2,1H3,(H,13,18)/t10-/m1/s1. The molecule has 21 heavy (non-hydrogen) atoms. The van der Waals surface area contributed by atoms with E-state index in [0.29, 0.717) is 30.6 Å². The molecule has 9 heteroatoms. The molecule has 1 aromatic rings. The largest absolute Gasteiger partial charge is 0.385 e. The van der Waals surface area contributed by atoms with Crippen molar-refractivity contribution in [3.63, 3.8) is 0 Å². The van der Waals surface area contributed by atoms with Gasteiger partial charge in [0.2, 0.25) is 11.1 Å². The van der Waals surface area contributed by atoms with E-state index in [1.54, 1.807) is 11.8 Å². The number of nitrogens with zero attached hydrogens (tertiary/aromatic N) is 4. The Kier molecular flexibility index (Phi) is 6.90. The zero-order valence-corrected chi connectivity index (χ0v) is 13.0. The Labute approximate surface area is 127 Å². The molecule has 0 bridgehead atoms. The Morgan fingerprint density at radius 1 is 1.62 bits per heavy atom. The highest BCUT2D eigenvalue weighted by atomic mass is 32.2. The average molecular weight is 315 g/mol. The van der Waals surface area contributed by atoms with Crippen LogP contribution < -0.4 is 5.32 Å². The molecule has 1 N–H and O–H groups in total. The predicted octanol–water partition coefficient (Wildman–Crippen LogP) is 0.0969. The molecule has 118 valence electrons. The highest BCUT2D eigenvalue weighted by molar-refractivity contribution is 7.99. The number of tetrazole rings is 1.